The summed E-state index contributed by atoms with van der Waals surface area (Å²) < 4.78 is 184. The first kappa shape index (κ1) is 21.1. The number of hydrogen-bond acceptors (Lipinski definition) is 2. The van der Waals surface area contributed by atoms with E-state index in [9.17, 15) is 61.1 Å². The molecule has 0 saturated heterocycles. The normalized spacial score (nSPS) is 23.3. The molecule has 150 valence electrons. The summed E-state index contributed by atoms with van der Waals surface area (Å²) in [5, 5.41) is -6.41. The molecule has 1 aliphatic rings. The van der Waals surface area contributed by atoms with Crippen molar-refractivity contribution in [1.29, 1.82) is 0 Å². The lowest BCUT2D eigenvalue weighted by molar-refractivity contribution is -0.0776. The van der Waals surface area contributed by atoms with Crippen LogP contribution in [0.4, 0.5) is 52.7 Å². The molecule has 15 heteroatoms. The maximum absolute atomic E-state index is 14.5. The minimum absolute atomic E-state index is 3.01. The van der Waals surface area contributed by atoms with Gasteiger partial charge in [0.05, 0.1) is 0 Å². The van der Waals surface area contributed by atoms with Crippen LogP contribution in [0.15, 0.2) is 28.2 Å². The van der Waals surface area contributed by atoms with E-state index < -0.39 is 78.0 Å². The molecule has 0 radical (unpaired) electrons. The molecule has 0 fully saturated rings. The second kappa shape index (κ2) is 5.90. The zero-order chi connectivity index (χ0) is 21.3. The summed E-state index contributed by atoms with van der Waals surface area (Å²) in [6.45, 7) is 0. The summed E-state index contributed by atoms with van der Waals surface area (Å²) in [6, 6.07) is 0. The molecule has 2 nitrogen and oxygen atoms in total. The fraction of sp³-hybridized carbons (Fsp3) is 0.167. The van der Waals surface area contributed by atoms with E-state index in [4.69, 9.17) is 0 Å². The predicted octanol–water partition coefficient (Wildman–Crippen LogP) is 4.77. The van der Waals surface area contributed by atoms with Crippen LogP contribution in [0.3, 0.4) is 0 Å². The van der Waals surface area contributed by atoms with Gasteiger partial charge >= 0.3 is 10.9 Å². The third-order valence-electron chi connectivity index (χ3n) is 3.35. The van der Waals surface area contributed by atoms with Gasteiger partial charge < -0.3 is 0 Å². The Labute approximate surface area is 140 Å². The van der Waals surface area contributed by atoms with Gasteiger partial charge in [0.25, 0.3) is 0 Å². The summed E-state index contributed by atoms with van der Waals surface area (Å²) in [5.74, 6) is -37.1. The molecule has 0 bridgehead atoms. The highest BCUT2D eigenvalue weighted by Gasteiger charge is 2.75. The number of allylic oxidation sites excluding steroid dienone is 3. The van der Waals surface area contributed by atoms with E-state index in [1.54, 1.807) is 0 Å². The second-order valence-corrected chi connectivity index (χ2v) is 6.81. The molecule has 1 unspecified atom stereocenters. The van der Waals surface area contributed by atoms with E-state index in [1.165, 1.54) is 0 Å². The number of rotatable bonds is 2. The van der Waals surface area contributed by atoms with Crippen LogP contribution in [-0.4, -0.2) is 19.3 Å². The molecule has 0 heterocycles. The molecule has 1 aliphatic carbocycles. The summed E-state index contributed by atoms with van der Waals surface area (Å²) in [6.07, 6.45) is 0. The highest BCUT2D eigenvalue weighted by atomic mass is 32.2. The summed E-state index contributed by atoms with van der Waals surface area (Å²) in [4.78, 5) is -3.35. The lowest BCUT2D eigenvalue weighted by Gasteiger charge is -2.33. The van der Waals surface area contributed by atoms with E-state index in [2.05, 4.69) is 0 Å². The molecule has 1 aromatic rings. The van der Waals surface area contributed by atoms with Crippen molar-refractivity contribution in [2.45, 2.75) is 15.8 Å². The van der Waals surface area contributed by atoms with Gasteiger partial charge in [-0.05, 0) is 0 Å². The summed E-state index contributed by atoms with van der Waals surface area (Å²) in [5.41, 5.74) is 0. The van der Waals surface area contributed by atoms with Gasteiger partial charge in [-0.15, -0.1) is 0 Å². The molecule has 0 aliphatic heterocycles. The fourth-order valence-corrected chi connectivity index (χ4v) is 3.68. The summed E-state index contributed by atoms with van der Waals surface area (Å²) >= 11 is 0. The Kier molecular flexibility index (Phi) is 4.62. The van der Waals surface area contributed by atoms with Crippen molar-refractivity contribution in [3.05, 3.63) is 52.4 Å². The molecule has 1 aromatic carbocycles. The fourth-order valence-electron chi connectivity index (χ4n) is 2.00. The zero-order valence-corrected chi connectivity index (χ0v) is 12.6. The van der Waals surface area contributed by atoms with Gasteiger partial charge in [-0.25, -0.2) is 52.3 Å². The Morgan fingerprint density at radius 1 is 0.556 bits per heavy atom. The van der Waals surface area contributed by atoms with Crippen LogP contribution in [0.2, 0.25) is 0 Å². The molecule has 0 amide bonds. The van der Waals surface area contributed by atoms with Crippen molar-refractivity contribution < 1.29 is 61.1 Å². The van der Waals surface area contributed by atoms with Crippen molar-refractivity contribution in [1.82, 2.24) is 0 Å². The first-order valence-corrected chi connectivity index (χ1v) is 7.49. The number of halogens is 12. The van der Waals surface area contributed by atoms with Crippen LogP contribution in [0, 0.1) is 29.1 Å². The highest BCUT2D eigenvalue weighted by molar-refractivity contribution is 7.93. The average Bonchev–Trinajstić information content (AvgIpc) is 2.60. The van der Waals surface area contributed by atoms with Crippen LogP contribution in [0.25, 0.3) is 0 Å². The van der Waals surface area contributed by atoms with Crippen molar-refractivity contribution >= 4 is 9.84 Å². The average molecular weight is 436 g/mol. The number of alkyl halides is 3. The van der Waals surface area contributed by atoms with Gasteiger partial charge in [-0.3, -0.25) is 0 Å². The highest BCUT2D eigenvalue weighted by Crippen LogP contribution is 2.56. The van der Waals surface area contributed by atoms with E-state index in [-0.39, 0.29) is 0 Å². The number of hydrogen-bond donors (Lipinski definition) is 0. The quantitative estimate of drug-likeness (QED) is 0.290. The molecule has 1 atom stereocenters. The van der Waals surface area contributed by atoms with Crippen molar-refractivity contribution in [3.8, 4) is 0 Å². The molecule has 27 heavy (non-hydrogen) atoms. The Balaban J connectivity index is 3.02. The van der Waals surface area contributed by atoms with Crippen LogP contribution >= 0.6 is 0 Å². The lowest BCUT2D eigenvalue weighted by atomic mass is 10.0. The van der Waals surface area contributed by atoms with Gasteiger partial charge in [0.2, 0.25) is 21.5 Å². The van der Waals surface area contributed by atoms with Gasteiger partial charge in [0, 0.05) is 0 Å². The Morgan fingerprint density at radius 3 is 1.30 bits per heavy atom. The van der Waals surface area contributed by atoms with Crippen molar-refractivity contribution in [2.75, 3.05) is 0 Å². The van der Waals surface area contributed by atoms with Crippen LogP contribution < -0.4 is 0 Å². The van der Waals surface area contributed by atoms with Gasteiger partial charge in [0.15, 0.2) is 40.7 Å². The summed E-state index contributed by atoms with van der Waals surface area (Å²) in [7, 11) is -7.46. The zero-order valence-electron chi connectivity index (χ0n) is 11.8. The smallest absolute Gasteiger partial charge is 0.219 e. The number of benzene rings is 1. The molecule has 0 N–H and O–H groups in total. The SMILES string of the molecule is O=S(=O)(c1c(F)c(F)c(F)c(F)c1F)C1(F)C(F)=C(F)C(F)=C(F)C1(F)F. The van der Waals surface area contributed by atoms with E-state index >= 15 is 0 Å². The van der Waals surface area contributed by atoms with Crippen LogP contribution in [-0.2, 0) is 9.84 Å². The molecule has 2 rings (SSSR count). The monoisotopic (exact) mass is 436 g/mol. The molecular weight excluding hydrogens is 436 g/mol. The molecule has 0 spiro atoms. The molecular formula is C12F12O2S. The predicted molar refractivity (Wildman–Crippen MR) is 60.7 cm³/mol. The van der Waals surface area contributed by atoms with Gasteiger partial charge in [-0.2, -0.15) is 8.78 Å². The molecule has 0 saturated carbocycles. The Morgan fingerprint density at radius 2 is 0.889 bits per heavy atom. The maximum atomic E-state index is 14.5. The van der Waals surface area contributed by atoms with Gasteiger partial charge in [0.1, 0.15) is 4.90 Å². The van der Waals surface area contributed by atoms with Crippen LogP contribution in [0.1, 0.15) is 0 Å². The minimum atomic E-state index is -7.46. The Bertz CT molecular complexity index is 996. The first-order valence-electron chi connectivity index (χ1n) is 6.01. The second-order valence-electron chi connectivity index (χ2n) is 4.83. The lowest BCUT2D eigenvalue weighted by Crippen LogP contribution is -2.54. The Hall–Kier alpha value is -2.19. The van der Waals surface area contributed by atoms with E-state index in [0.29, 0.717) is 0 Å². The largest absolute Gasteiger partial charge is 0.356 e. The topological polar surface area (TPSA) is 34.1 Å². The van der Waals surface area contributed by atoms with Crippen LogP contribution in [0.5, 0.6) is 0 Å². The third kappa shape index (κ3) is 2.32. The molecule has 0 aromatic heterocycles. The third-order valence-corrected chi connectivity index (χ3v) is 5.42. The minimum Gasteiger partial charge on any atom is -0.219 e. The van der Waals surface area contributed by atoms with Gasteiger partial charge in [-0.1, -0.05) is 0 Å². The number of sulfone groups is 1. The van der Waals surface area contributed by atoms with E-state index in [1.807, 2.05) is 0 Å². The first-order chi connectivity index (χ1) is 12.1. The van der Waals surface area contributed by atoms with Crippen molar-refractivity contribution in [2.24, 2.45) is 0 Å². The van der Waals surface area contributed by atoms with E-state index in [0.717, 1.165) is 0 Å². The maximum Gasteiger partial charge on any atom is 0.356 e. The van der Waals surface area contributed by atoms with Crippen molar-refractivity contribution in [3.63, 3.8) is 0 Å². The standard InChI is InChI=1S/C12F12O2S/c13-1-2(14)4(16)8(5(17)3(1)15)27(25,26)12(24)10(21)7(19)6(18)9(20)11(12,22)23.